The van der Waals surface area contributed by atoms with Crippen LogP contribution in [0.25, 0.3) is 0 Å². The lowest BCUT2D eigenvalue weighted by atomic mass is 9.89. The maximum Gasteiger partial charge on any atom is 0.356 e. The van der Waals surface area contributed by atoms with Gasteiger partial charge in [-0.15, -0.1) is 0 Å². The van der Waals surface area contributed by atoms with Crippen LogP contribution in [0.4, 0.5) is 0 Å². The van der Waals surface area contributed by atoms with Gasteiger partial charge in [-0.3, -0.25) is 14.7 Å². The first-order valence-electron chi connectivity index (χ1n) is 8.38. The normalized spacial score (nSPS) is 19.5. The van der Waals surface area contributed by atoms with E-state index in [4.69, 9.17) is 5.11 Å². The van der Waals surface area contributed by atoms with Crippen molar-refractivity contribution in [3.8, 4) is 0 Å². The standard InChI is InChI=1S/C17H25N5O2/c1-17(2,3)15-12(9-18-19-15)10-21-7-4-5-13(11-21)22-8-6-14(20-22)16(23)24/h6,8-9,13H,4-5,7,10-11H2,1-3H3,(H,18,19)(H,23,24). The molecule has 7 heteroatoms. The number of aromatic nitrogens is 4. The van der Waals surface area contributed by atoms with Crippen LogP contribution in [-0.4, -0.2) is 49.0 Å². The largest absolute Gasteiger partial charge is 0.476 e. The van der Waals surface area contributed by atoms with Gasteiger partial charge in [0.05, 0.1) is 12.2 Å². The quantitative estimate of drug-likeness (QED) is 0.898. The van der Waals surface area contributed by atoms with Crippen LogP contribution in [0.2, 0.25) is 0 Å². The molecule has 0 saturated carbocycles. The van der Waals surface area contributed by atoms with Crippen molar-refractivity contribution in [3.05, 3.63) is 35.4 Å². The Hall–Kier alpha value is -2.15. The number of carboxylic acid groups (broad SMARTS) is 1. The summed E-state index contributed by atoms with van der Waals surface area (Å²) < 4.78 is 1.80. The van der Waals surface area contributed by atoms with E-state index in [0.29, 0.717) is 0 Å². The molecule has 3 rings (SSSR count). The number of rotatable bonds is 4. The van der Waals surface area contributed by atoms with Crippen molar-refractivity contribution >= 4 is 5.97 Å². The molecule has 2 aromatic heterocycles. The molecule has 24 heavy (non-hydrogen) atoms. The van der Waals surface area contributed by atoms with Gasteiger partial charge in [0.2, 0.25) is 0 Å². The number of aromatic amines is 1. The summed E-state index contributed by atoms with van der Waals surface area (Å²) in [5.74, 6) is -0.977. The molecule has 2 N–H and O–H groups in total. The number of aromatic carboxylic acids is 1. The third-order valence-electron chi connectivity index (χ3n) is 4.54. The van der Waals surface area contributed by atoms with E-state index in [1.807, 2.05) is 6.20 Å². The number of carbonyl (C=O) groups is 1. The molecule has 0 bridgehead atoms. The minimum atomic E-state index is -0.977. The summed E-state index contributed by atoms with van der Waals surface area (Å²) in [6.07, 6.45) is 5.79. The van der Waals surface area contributed by atoms with Gasteiger partial charge in [-0.2, -0.15) is 10.2 Å². The molecule has 2 aromatic rings. The third kappa shape index (κ3) is 3.51. The van der Waals surface area contributed by atoms with Crippen LogP contribution < -0.4 is 0 Å². The molecule has 1 aliphatic rings. The van der Waals surface area contributed by atoms with Gasteiger partial charge in [-0.1, -0.05) is 20.8 Å². The molecule has 1 saturated heterocycles. The zero-order chi connectivity index (χ0) is 17.3. The van der Waals surface area contributed by atoms with E-state index in [9.17, 15) is 4.79 Å². The van der Waals surface area contributed by atoms with Gasteiger partial charge >= 0.3 is 5.97 Å². The van der Waals surface area contributed by atoms with Gasteiger partial charge in [0.1, 0.15) is 0 Å². The fourth-order valence-electron chi connectivity index (χ4n) is 3.37. The monoisotopic (exact) mass is 331 g/mol. The molecule has 3 heterocycles. The first-order chi connectivity index (χ1) is 11.3. The van der Waals surface area contributed by atoms with Crippen LogP contribution in [0.3, 0.4) is 0 Å². The second kappa shape index (κ2) is 6.39. The number of H-pyrrole nitrogens is 1. The number of nitrogens with one attached hydrogen (secondary N) is 1. The fraction of sp³-hybridized carbons (Fsp3) is 0.588. The summed E-state index contributed by atoms with van der Waals surface area (Å²) in [6, 6.07) is 1.78. The maximum atomic E-state index is 11.0. The maximum absolute atomic E-state index is 11.0. The number of piperidine rings is 1. The number of likely N-dealkylation sites (tertiary alicyclic amines) is 1. The highest BCUT2D eigenvalue weighted by Crippen LogP contribution is 2.27. The molecular formula is C17H25N5O2. The van der Waals surface area contributed by atoms with Gasteiger partial charge in [0.15, 0.2) is 5.69 Å². The van der Waals surface area contributed by atoms with Gasteiger partial charge in [0, 0.05) is 36.0 Å². The Kier molecular flexibility index (Phi) is 4.45. The molecule has 0 aromatic carbocycles. The first kappa shape index (κ1) is 16.7. The summed E-state index contributed by atoms with van der Waals surface area (Å²) in [4.78, 5) is 13.4. The van der Waals surface area contributed by atoms with Crippen LogP contribution in [0, 0.1) is 0 Å². The Morgan fingerprint density at radius 2 is 2.25 bits per heavy atom. The smallest absolute Gasteiger partial charge is 0.356 e. The average Bonchev–Trinajstić information content (AvgIpc) is 3.15. The van der Waals surface area contributed by atoms with Crippen molar-refractivity contribution in [2.24, 2.45) is 0 Å². The Bertz CT molecular complexity index is 713. The molecule has 1 unspecified atom stereocenters. The average molecular weight is 331 g/mol. The van der Waals surface area contributed by atoms with Gasteiger partial charge in [0.25, 0.3) is 0 Å². The molecule has 7 nitrogen and oxygen atoms in total. The SMILES string of the molecule is CC(C)(C)c1[nH]ncc1CN1CCCC(n2ccc(C(=O)O)n2)C1. The summed E-state index contributed by atoms with van der Waals surface area (Å²) in [7, 11) is 0. The lowest BCUT2D eigenvalue weighted by Gasteiger charge is -2.33. The minimum absolute atomic E-state index is 0.0411. The molecule has 0 amide bonds. The lowest BCUT2D eigenvalue weighted by Crippen LogP contribution is -2.36. The van der Waals surface area contributed by atoms with Crippen molar-refractivity contribution < 1.29 is 9.90 Å². The topological polar surface area (TPSA) is 87.0 Å². The Morgan fingerprint density at radius 3 is 2.92 bits per heavy atom. The van der Waals surface area contributed by atoms with Crippen molar-refractivity contribution in [2.75, 3.05) is 13.1 Å². The highest BCUT2D eigenvalue weighted by molar-refractivity contribution is 5.85. The Balaban J connectivity index is 1.70. The van der Waals surface area contributed by atoms with Crippen LogP contribution in [0.1, 0.15) is 61.4 Å². The predicted octanol–water partition coefficient (Wildman–Crippen LogP) is 2.44. The van der Waals surface area contributed by atoms with Crippen LogP contribution in [0.15, 0.2) is 18.5 Å². The number of hydrogen-bond acceptors (Lipinski definition) is 4. The first-order valence-corrected chi connectivity index (χ1v) is 8.38. The minimum Gasteiger partial charge on any atom is -0.476 e. The van der Waals surface area contributed by atoms with E-state index in [1.165, 1.54) is 11.3 Å². The van der Waals surface area contributed by atoms with E-state index >= 15 is 0 Å². The second-order valence-electron chi connectivity index (χ2n) is 7.54. The summed E-state index contributed by atoms with van der Waals surface area (Å²) in [5.41, 5.74) is 2.56. The van der Waals surface area contributed by atoms with Crippen molar-refractivity contribution in [1.29, 1.82) is 0 Å². The van der Waals surface area contributed by atoms with Crippen LogP contribution in [-0.2, 0) is 12.0 Å². The van der Waals surface area contributed by atoms with E-state index in [0.717, 1.165) is 32.5 Å². The number of hydrogen-bond donors (Lipinski definition) is 2. The molecule has 1 aliphatic heterocycles. The molecule has 0 radical (unpaired) electrons. The van der Waals surface area contributed by atoms with Gasteiger partial charge < -0.3 is 5.11 Å². The molecular weight excluding hydrogens is 306 g/mol. The van der Waals surface area contributed by atoms with E-state index in [-0.39, 0.29) is 17.2 Å². The highest BCUT2D eigenvalue weighted by atomic mass is 16.4. The summed E-state index contributed by atoms with van der Waals surface area (Å²) in [5, 5.41) is 20.6. The van der Waals surface area contributed by atoms with E-state index < -0.39 is 5.97 Å². The number of carboxylic acids is 1. The zero-order valence-corrected chi connectivity index (χ0v) is 14.5. The molecule has 0 aliphatic carbocycles. The highest BCUT2D eigenvalue weighted by Gasteiger charge is 2.26. The van der Waals surface area contributed by atoms with Crippen LogP contribution in [0.5, 0.6) is 0 Å². The molecule has 1 fully saturated rings. The summed E-state index contributed by atoms with van der Waals surface area (Å²) in [6.45, 7) is 9.31. The number of nitrogens with zero attached hydrogens (tertiary/aromatic N) is 4. The van der Waals surface area contributed by atoms with Gasteiger partial charge in [-0.25, -0.2) is 4.79 Å². The van der Waals surface area contributed by atoms with Crippen LogP contribution >= 0.6 is 0 Å². The zero-order valence-electron chi connectivity index (χ0n) is 14.5. The Labute approximate surface area is 141 Å². The third-order valence-corrected chi connectivity index (χ3v) is 4.54. The second-order valence-corrected chi connectivity index (χ2v) is 7.54. The lowest BCUT2D eigenvalue weighted by molar-refractivity contribution is 0.0688. The van der Waals surface area contributed by atoms with E-state index in [1.54, 1.807) is 16.9 Å². The molecule has 1 atom stereocenters. The van der Waals surface area contributed by atoms with Crippen molar-refractivity contribution in [3.63, 3.8) is 0 Å². The Morgan fingerprint density at radius 1 is 1.46 bits per heavy atom. The van der Waals surface area contributed by atoms with Crippen molar-refractivity contribution in [1.82, 2.24) is 24.9 Å². The summed E-state index contributed by atoms with van der Waals surface area (Å²) >= 11 is 0. The van der Waals surface area contributed by atoms with Crippen molar-refractivity contribution in [2.45, 2.75) is 51.6 Å². The predicted molar refractivity (Wildman–Crippen MR) is 90.0 cm³/mol. The van der Waals surface area contributed by atoms with E-state index in [2.05, 4.69) is 41.0 Å². The fourth-order valence-corrected chi connectivity index (χ4v) is 3.37. The molecule has 0 spiro atoms. The van der Waals surface area contributed by atoms with Gasteiger partial charge in [-0.05, 0) is 25.5 Å². The molecule has 130 valence electrons.